The highest BCUT2D eigenvalue weighted by atomic mass is 16.5. The summed E-state index contributed by atoms with van der Waals surface area (Å²) in [4.78, 5) is 11.7. The summed E-state index contributed by atoms with van der Waals surface area (Å²) in [7, 11) is 0. The molecule has 0 aliphatic carbocycles. The van der Waals surface area contributed by atoms with Gasteiger partial charge in [0.1, 0.15) is 5.60 Å². The number of hydrogen-bond acceptors (Lipinski definition) is 3. The minimum Gasteiger partial charge on any atom is -0.463 e. The average molecular weight is 234 g/mol. The van der Waals surface area contributed by atoms with Crippen molar-refractivity contribution in [1.29, 1.82) is 0 Å². The lowest BCUT2D eigenvalue weighted by Crippen LogP contribution is -2.30. The third-order valence-electron chi connectivity index (χ3n) is 2.64. The molecule has 92 valence electrons. The molecular weight excluding hydrogens is 216 g/mol. The van der Waals surface area contributed by atoms with Gasteiger partial charge in [-0.25, -0.2) is 4.79 Å². The van der Waals surface area contributed by atoms with Crippen molar-refractivity contribution in [1.82, 2.24) is 0 Å². The van der Waals surface area contributed by atoms with Crippen LogP contribution in [-0.2, 0) is 15.1 Å². The second-order valence-corrected chi connectivity index (χ2v) is 3.86. The van der Waals surface area contributed by atoms with Gasteiger partial charge < -0.3 is 9.84 Å². The van der Waals surface area contributed by atoms with E-state index in [0.29, 0.717) is 12.2 Å². The van der Waals surface area contributed by atoms with Crippen LogP contribution in [0.1, 0.15) is 26.3 Å². The molecule has 0 bridgehead atoms. The van der Waals surface area contributed by atoms with E-state index in [9.17, 15) is 9.90 Å². The summed E-state index contributed by atoms with van der Waals surface area (Å²) in [5.74, 6) is -0.483. The molecule has 0 saturated heterocycles. The largest absolute Gasteiger partial charge is 0.463 e. The molecule has 0 fully saturated rings. The van der Waals surface area contributed by atoms with Crippen molar-refractivity contribution in [2.75, 3.05) is 6.61 Å². The molecule has 3 heteroatoms. The smallest absolute Gasteiger partial charge is 0.336 e. The maximum Gasteiger partial charge on any atom is 0.336 e. The van der Waals surface area contributed by atoms with Crippen LogP contribution in [-0.4, -0.2) is 17.7 Å². The Labute approximate surface area is 102 Å². The van der Waals surface area contributed by atoms with Gasteiger partial charge >= 0.3 is 5.97 Å². The first-order valence-electron chi connectivity index (χ1n) is 5.65. The standard InChI is InChI=1S/C14H18O3/c1-4-12(13(15)17-5-2)14(3,16)11-9-7-6-8-10-11/h4,6-10,16H,5H2,1-3H3/b12-4+. The van der Waals surface area contributed by atoms with Crippen LogP contribution < -0.4 is 0 Å². The molecule has 1 atom stereocenters. The SMILES string of the molecule is C/C=C(\C(=O)OCC)C(C)(O)c1ccccc1. The second-order valence-electron chi connectivity index (χ2n) is 3.86. The molecular formula is C14H18O3. The minimum atomic E-state index is -1.33. The Balaban J connectivity index is 3.08. The lowest BCUT2D eigenvalue weighted by atomic mass is 9.87. The predicted molar refractivity (Wildman–Crippen MR) is 66.4 cm³/mol. The molecule has 1 aromatic rings. The summed E-state index contributed by atoms with van der Waals surface area (Å²) in [6.45, 7) is 5.34. The molecule has 1 aromatic carbocycles. The van der Waals surface area contributed by atoms with Crippen LogP contribution in [0.4, 0.5) is 0 Å². The van der Waals surface area contributed by atoms with Gasteiger partial charge in [-0.05, 0) is 26.3 Å². The summed E-state index contributed by atoms with van der Waals surface area (Å²) in [5, 5.41) is 10.5. The fraction of sp³-hybridized carbons (Fsp3) is 0.357. The lowest BCUT2D eigenvalue weighted by molar-refractivity contribution is -0.141. The van der Waals surface area contributed by atoms with Crippen molar-refractivity contribution in [2.45, 2.75) is 26.4 Å². The molecule has 0 heterocycles. The van der Waals surface area contributed by atoms with Crippen LogP contribution in [0.15, 0.2) is 42.0 Å². The number of carbonyl (C=O) groups is 1. The van der Waals surface area contributed by atoms with E-state index in [1.54, 1.807) is 39.0 Å². The molecule has 0 aliphatic rings. The van der Waals surface area contributed by atoms with Gasteiger partial charge in [0.25, 0.3) is 0 Å². The highest BCUT2D eigenvalue weighted by molar-refractivity contribution is 5.90. The number of esters is 1. The van der Waals surface area contributed by atoms with Gasteiger partial charge in [0.2, 0.25) is 0 Å². The number of ether oxygens (including phenoxy) is 1. The Hall–Kier alpha value is -1.61. The maximum atomic E-state index is 11.7. The monoisotopic (exact) mass is 234 g/mol. The molecule has 1 N–H and O–H groups in total. The van der Waals surface area contributed by atoms with Gasteiger partial charge in [-0.3, -0.25) is 0 Å². The van der Waals surface area contributed by atoms with Gasteiger partial charge in [0.15, 0.2) is 0 Å². The van der Waals surface area contributed by atoms with E-state index in [2.05, 4.69) is 0 Å². The molecule has 0 amide bonds. The second kappa shape index (κ2) is 5.64. The summed E-state index contributed by atoms with van der Waals surface area (Å²) < 4.78 is 4.94. The normalized spacial score (nSPS) is 15.2. The van der Waals surface area contributed by atoms with Crippen LogP contribution in [0.2, 0.25) is 0 Å². The quantitative estimate of drug-likeness (QED) is 0.642. The molecule has 0 aliphatic heterocycles. The van der Waals surface area contributed by atoms with Crippen molar-refractivity contribution in [2.24, 2.45) is 0 Å². The van der Waals surface area contributed by atoms with Crippen molar-refractivity contribution < 1.29 is 14.6 Å². The zero-order valence-corrected chi connectivity index (χ0v) is 10.4. The van der Waals surface area contributed by atoms with E-state index in [1.807, 2.05) is 18.2 Å². The number of aliphatic hydroxyl groups is 1. The number of allylic oxidation sites excluding steroid dienone is 1. The van der Waals surface area contributed by atoms with Crippen LogP contribution in [0.5, 0.6) is 0 Å². The summed E-state index contributed by atoms with van der Waals surface area (Å²) in [6, 6.07) is 9.06. The van der Waals surface area contributed by atoms with Gasteiger partial charge in [0.05, 0.1) is 12.2 Å². The fourth-order valence-corrected chi connectivity index (χ4v) is 1.72. The third-order valence-corrected chi connectivity index (χ3v) is 2.64. The number of carbonyl (C=O) groups excluding carboxylic acids is 1. The third kappa shape index (κ3) is 2.94. The van der Waals surface area contributed by atoms with Gasteiger partial charge in [-0.1, -0.05) is 36.4 Å². The van der Waals surface area contributed by atoms with E-state index < -0.39 is 11.6 Å². The van der Waals surface area contributed by atoms with E-state index in [-0.39, 0.29) is 5.57 Å². The van der Waals surface area contributed by atoms with Crippen LogP contribution in [0, 0.1) is 0 Å². The number of benzene rings is 1. The molecule has 1 rings (SSSR count). The molecule has 0 aromatic heterocycles. The summed E-state index contributed by atoms with van der Waals surface area (Å²) >= 11 is 0. The minimum absolute atomic E-state index is 0.255. The van der Waals surface area contributed by atoms with Crippen LogP contribution in [0.25, 0.3) is 0 Å². The van der Waals surface area contributed by atoms with Crippen molar-refractivity contribution in [3.63, 3.8) is 0 Å². The fourth-order valence-electron chi connectivity index (χ4n) is 1.72. The molecule has 3 nitrogen and oxygen atoms in total. The van der Waals surface area contributed by atoms with Crippen molar-refractivity contribution in [3.05, 3.63) is 47.5 Å². The zero-order valence-electron chi connectivity index (χ0n) is 10.4. The first-order valence-corrected chi connectivity index (χ1v) is 5.65. The first-order chi connectivity index (χ1) is 8.04. The first kappa shape index (κ1) is 13.5. The van der Waals surface area contributed by atoms with E-state index >= 15 is 0 Å². The van der Waals surface area contributed by atoms with E-state index in [4.69, 9.17) is 4.74 Å². The van der Waals surface area contributed by atoms with Crippen molar-refractivity contribution in [3.8, 4) is 0 Å². The van der Waals surface area contributed by atoms with Crippen molar-refractivity contribution >= 4 is 5.97 Å². The van der Waals surface area contributed by atoms with E-state index in [1.165, 1.54) is 0 Å². The molecule has 0 saturated carbocycles. The average Bonchev–Trinajstić information content (AvgIpc) is 2.31. The zero-order chi connectivity index (χ0) is 12.9. The number of hydrogen-bond donors (Lipinski definition) is 1. The van der Waals surface area contributed by atoms with E-state index in [0.717, 1.165) is 0 Å². The summed E-state index contributed by atoms with van der Waals surface area (Å²) in [6.07, 6.45) is 1.59. The number of rotatable bonds is 4. The molecule has 1 unspecified atom stereocenters. The maximum absolute atomic E-state index is 11.7. The Morgan fingerprint density at radius 1 is 1.41 bits per heavy atom. The molecule has 0 spiro atoms. The van der Waals surface area contributed by atoms with Crippen LogP contribution >= 0.6 is 0 Å². The topological polar surface area (TPSA) is 46.5 Å². The molecule has 0 radical (unpaired) electrons. The predicted octanol–water partition coefficient (Wildman–Crippen LogP) is 2.40. The highest BCUT2D eigenvalue weighted by Gasteiger charge is 2.32. The molecule has 17 heavy (non-hydrogen) atoms. The Kier molecular flexibility index (Phi) is 4.46. The Bertz CT molecular complexity index is 405. The Morgan fingerprint density at radius 3 is 2.47 bits per heavy atom. The van der Waals surface area contributed by atoms with Crippen LogP contribution in [0.3, 0.4) is 0 Å². The summed E-state index contributed by atoms with van der Waals surface area (Å²) in [5.41, 5.74) is -0.408. The van der Waals surface area contributed by atoms with Gasteiger partial charge in [-0.15, -0.1) is 0 Å². The van der Waals surface area contributed by atoms with Gasteiger partial charge in [0, 0.05) is 0 Å². The lowest BCUT2D eigenvalue weighted by Gasteiger charge is -2.25. The highest BCUT2D eigenvalue weighted by Crippen LogP contribution is 2.29. The Morgan fingerprint density at radius 2 is 2.00 bits per heavy atom. The van der Waals surface area contributed by atoms with Gasteiger partial charge in [-0.2, -0.15) is 0 Å².